The fourth-order valence-electron chi connectivity index (χ4n) is 3.13. The van der Waals surface area contributed by atoms with Crippen LogP contribution in [0, 0.1) is 0 Å². The number of carbonyl (C=O) groups excluding carboxylic acids is 1. The van der Waals surface area contributed by atoms with Crippen molar-refractivity contribution in [2.75, 3.05) is 25.0 Å². The Morgan fingerprint density at radius 1 is 1.24 bits per heavy atom. The summed E-state index contributed by atoms with van der Waals surface area (Å²) in [7, 11) is 0. The fourth-order valence-corrected chi connectivity index (χ4v) is 3.13. The number of ether oxygens (including phenoxy) is 1. The highest BCUT2D eigenvalue weighted by Crippen LogP contribution is 2.21. The summed E-state index contributed by atoms with van der Waals surface area (Å²) in [6.45, 7) is 2.79. The first kappa shape index (κ1) is 15.8. The number of amides is 1. The van der Waals surface area contributed by atoms with Gasteiger partial charge in [0.05, 0.1) is 24.0 Å². The van der Waals surface area contributed by atoms with Crippen LogP contribution in [-0.2, 0) is 16.1 Å². The van der Waals surface area contributed by atoms with Crippen molar-refractivity contribution in [2.24, 2.45) is 0 Å². The number of para-hydroxylation sites is 1. The van der Waals surface area contributed by atoms with Gasteiger partial charge in [0, 0.05) is 25.0 Å². The molecule has 1 saturated heterocycles. The van der Waals surface area contributed by atoms with Gasteiger partial charge in [0.25, 0.3) is 5.91 Å². The van der Waals surface area contributed by atoms with E-state index in [0.717, 1.165) is 29.7 Å². The monoisotopic (exact) mass is 336 g/mol. The molecule has 0 unspecified atom stereocenters. The molecule has 0 spiro atoms. The molecule has 2 N–H and O–H groups in total. The van der Waals surface area contributed by atoms with Crippen molar-refractivity contribution in [3.05, 3.63) is 60.3 Å². The van der Waals surface area contributed by atoms with Crippen LogP contribution in [0.1, 0.15) is 5.56 Å². The smallest absolute Gasteiger partial charge is 0.254 e. The van der Waals surface area contributed by atoms with E-state index in [9.17, 15) is 4.79 Å². The van der Waals surface area contributed by atoms with E-state index in [1.54, 1.807) is 6.20 Å². The molecular weight excluding hydrogens is 316 g/mol. The summed E-state index contributed by atoms with van der Waals surface area (Å²) in [5, 5.41) is 10.9. The van der Waals surface area contributed by atoms with E-state index in [2.05, 4.69) is 32.5 Å². The zero-order valence-electron chi connectivity index (χ0n) is 13.8. The van der Waals surface area contributed by atoms with Gasteiger partial charge in [-0.3, -0.25) is 14.8 Å². The molecule has 1 fully saturated rings. The molecule has 4 rings (SSSR count). The summed E-state index contributed by atoms with van der Waals surface area (Å²) in [4.78, 5) is 14.9. The lowest BCUT2D eigenvalue weighted by molar-refractivity contribution is -0.133. The van der Waals surface area contributed by atoms with Crippen molar-refractivity contribution < 1.29 is 9.53 Å². The van der Waals surface area contributed by atoms with Gasteiger partial charge in [0.15, 0.2) is 0 Å². The molecule has 6 nitrogen and oxygen atoms in total. The molecule has 0 aliphatic carbocycles. The SMILES string of the molecule is O=C(Nc1cccc2cn[nH]c12)[C@@H]1CN(Cc2ccccc2)CCO1. The van der Waals surface area contributed by atoms with Crippen LogP contribution in [0.2, 0.25) is 0 Å². The van der Waals surface area contributed by atoms with Crippen LogP contribution in [-0.4, -0.2) is 46.8 Å². The van der Waals surface area contributed by atoms with Gasteiger partial charge >= 0.3 is 0 Å². The van der Waals surface area contributed by atoms with Gasteiger partial charge in [0.2, 0.25) is 0 Å². The number of nitrogens with one attached hydrogen (secondary N) is 2. The zero-order valence-corrected chi connectivity index (χ0v) is 13.8. The van der Waals surface area contributed by atoms with Gasteiger partial charge in [0.1, 0.15) is 6.10 Å². The highest BCUT2D eigenvalue weighted by Gasteiger charge is 2.27. The number of fused-ring (bicyclic) bond motifs is 1. The van der Waals surface area contributed by atoms with Crippen molar-refractivity contribution in [3.8, 4) is 0 Å². The van der Waals surface area contributed by atoms with Crippen molar-refractivity contribution in [1.82, 2.24) is 15.1 Å². The average Bonchev–Trinajstić information content (AvgIpc) is 3.13. The predicted octanol–water partition coefficient (Wildman–Crippen LogP) is 2.40. The lowest BCUT2D eigenvalue weighted by Gasteiger charge is -2.32. The molecule has 0 radical (unpaired) electrons. The maximum absolute atomic E-state index is 12.6. The summed E-state index contributed by atoms with van der Waals surface area (Å²) in [6.07, 6.45) is 1.26. The van der Waals surface area contributed by atoms with Crippen LogP contribution in [0.15, 0.2) is 54.7 Å². The number of benzene rings is 2. The molecule has 1 atom stereocenters. The van der Waals surface area contributed by atoms with Gasteiger partial charge in [-0.05, 0) is 11.6 Å². The quantitative estimate of drug-likeness (QED) is 0.767. The summed E-state index contributed by atoms with van der Waals surface area (Å²) >= 11 is 0. The van der Waals surface area contributed by atoms with Crippen molar-refractivity contribution in [3.63, 3.8) is 0 Å². The van der Waals surface area contributed by atoms with E-state index in [1.165, 1.54) is 5.56 Å². The second-order valence-corrected chi connectivity index (χ2v) is 6.21. The molecule has 2 aromatic carbocycles. The van der Waals surface area contributed by atoms with Crippen LogP contribution >= 0.6 is 0 Å². The molecule has 128 valence electrons. The lowest BCUT2D eigenvalue weighted by Crippen LogP contribution is -2.47. The van der Waals surface area contributed by atoms with Crippen molar-refractivity contribution in [2.45, 2.75) is 12.6 Å². The molecule has 1 aliphatic heterocycles. The summed E-state index contributed by atoms with van der Waals surface area (Å²) in [5.41, 5.74) is 2.79. The highest BCUT2D eigenvalue weighted by atomic mass is 16.5. The second kappa shape index (κ2) is 7.04. The molecule has 3 aromatic rings. The van der Waals surface area contributed by atoms with Crippen LogP contribution in [0.4, 0.5) is 5.69 Å². The van der Waals surface area contributed by atoms with E-state index in [1.807, 2.05) is 36.4 Å². The maximum atomic E-state index is 12.6. The van der Waals surface area contributed by atoms with E-state index in [4.69, 9.17) is 4.74 Å². The minimum atomic E-state index is -0.476. The third kappa shape index (κ3) is 3.55. The standard InChI is InChI=1S/C19H20N4O2/c24-19(21-16-8-4-7-15-11-20-22-18(15)16)17-13-23(9-10-25-17)12-14-5-2-1-3-6-14/h1-8,11,17H,9-10,12-13H2,(H,20,22)(H,21,24)/t17-/m0/s1. The fraction of sp³-hybridized carbons (Fsp3) is 0.263. The first-order chi connectivity index (χ1) is 12.3. The van der Waals surface area contributed by atoms with E-state index in [-0.39, 0.29) is 5.91 Å². The molecule has 25 heavy (non-hydrogen) atoms. The number of anilines is 1. The van der Waals surface area contributed by atoms with Gasteiger partial charge in [-0.2, -0.15) is 5.10 Å². The third-order valence-corrected chi connectivity index (χ3v) is 4.43. The largest absolute Gasteiger partial charge is 0.366 e. The van der Waals surface area contributed by atoms with Crippen LogP contribution in [0.25, 0.3) is 10.9 Å². The Labute approximate surface area is 145 Å². The van der Waals surface area contributed by atoms with Crippen LogP contribution in [0.3, 0.4) is 0 Å². The lowest BCUT2D eigenvalue weighted by atomic mass is 10.1. The molecule has 1 amide bonds. The minimum absolute atomic E-state index is 0.125. The molecule has 2 heterocycles. The summed E-state index contributed by atoms with van der Waals surface area (Å²) in [5.74, 6) is -0.125. The molecule has 0 saturated carbocycles. The second-order valence-electron chi connectivity index (χ2n) is 6.21. The Kier molecular flexibility index (Phi) is 4.45. The molecule has 1 aliphatic rings. The van der Waals surface area contributed by atoms with Crippen molar-refractivity contribution >= 4 is 22.5 Å². The van der Waals surface area contributed by atoms with E-state index in [0.29, 0.717) is 13.2 Å². The number of rotatable bonds is 4. The Balaban J connectivity index is 1.42. The number of hydrogen-bond donors (Lipinski definition) is 2. The van der Waals surface area contributed by atoms with Gasteiger partial charge in [-0.25, -0.2) is 0 Å². The minimum Gasteiger partial charge on any atom is -0.366 e. The summed E-state index contributed by atoms with van der Waals surface area (Å²) < 4.78 is 5.69. The van der Waals surface area contributed by atoms with Crippen LogP contribution in [0.5, 0.6) is 0 Å². The number of carbonyl (C=O) groups is 1. The normalized spacial score (nSPS) is 18.3. The third-order valence-electron chi connectivity index (χ3n) is 4.43. The number of H-pyrrole nitrogens is 1. The zero-order chi connectivity index (χ0) is 17.1. The number of hydrogen-bond acceptors (Lipinski definition) is 4. The Bertz CT molecular complexity index is 862. The van der Waals surface area contributed by atoms with E-state index < -0.39 is 6.10 Å². The Morgan fingerprint density at radius 2 is 2.12 bits per heavy atom. The predicted molar refractivity (Wildman–Crippen MR) is 96.2 cm³/mol. The van der Waals surface area contributed by atoms with Gasteiger partial charge < -0.3 is 10.1 Å². The summed E-state index contributed by atoms with van der Waals surface area (Å²) in [6, 6.07) is 16.0. The average molecular weight is 336 g/mol. The highest BCUT2D eigenvalue weighted by molar-refractivity contribution is 6.01. The number of aromatic amines is 1. The van der Waals surface area contributed by atoms with Gasteiger partial charge in [-0.1, -0.05) is 42.5 Å². The maximum Gasteiger partial charge on any atom is 0.254 e. The number of morpholine rings is 1. The number of aromatic nitrogens is 2. The molecular formula is C19H20N4O2. The van der Waals surface area contributed by atoms with Gasteiger partial charge in [-0.15, -0.1) is 0 Å². The first-order valence-electron chi connectivity index (χ1n) is 8.40. The van der Waals surface area contributed by atoms with Crippen molar-refractivity contribution in [1.29, 1.82) is 0 Å². The molecule has 6 heteroatoms. The Hall–Kier alpha value is -2.70. The van der Waals surface area contributed by atoms with E-state index >= 15 is 0 Å². The molecule has 0 bridgehead atoms. The molecule has 1 aromatic heterocycles. The first-order valence-corrected chi connectivity index (χ1v) is 8.40. The number of nitrogens with zero attached hydrogens (tertiary/aromatic N) is 2. The van der Waals surface area contributed by atoms with Crippen LogP contribution < -0.4 is 5.32 Å². The Morgan fingerprint density at radius 3 is 3.00 bits per heavy atom. The topological polar surface area (TPSA) is 70.2 Å².